The Morgan fingerprint density at radius 3 is 2.06 bits per heavy atom. The van der Waals surface area contributed by atoms with E-state index in [0.717, 1.165) is 5.56 Å². The van der Waals surface area contributed by atoms with Gasteiger partial charge in [-0.25, -0.2) is 4.39 Å². The Labute approximate surface area is 191 Å². The monoisotopic (exact) mass is 452 g/mol. The molecule has 0 N–H and O–H groups in total. The van der Waals surface area contributed by atoms with Crippen molar-refractivity contribution in [3.8, 4) is 5.75 Å². The molecule has 0 atom stereocenters. The van der Waals surface area contributed by atoms with Crippen LogP contribution in [0.4, 0.5) is 4.39 Å². The van der Waals surface area contributed by atoms with Gasteiger partial charge in [0.25, 0.3) is 11.8 Å². The fraction of sp³-hybridized carbons (Fsp3) is 0.200. The molecule has 3 aromatic rings. The SMILES string of the molecule is O=C(c1ccc(Cl)cc1)N1CCN(C(=O)c2ccccc2OCc2ccc(F)cc2)CC1. The van der Waals surface area contributed by atoms with E-state index in [4.69, 9.17) is 16.3 Å². The van der Waals surface area contributed by atoms with Gasteiger partial charge in [0.15, 0.2) is 0 Å². The van der Waals surface area contributed by atoms with Crippen LogP contribution in [0.25, 0.3) is 0 Å². The summed E-state index contributed by atoms with van der Waals surface area (Å²) in [5.74, 6) is -0.0467. The average Bonchev–Trinajstić information content (AvgIpc) is 2.83. The van der Waals surface area contributed by atoms with Crippen LogP contribution < -0.4 is 4.74 Å². The molecule has 5 nitrogen and oxygen atoms in total. The molecule has 1 saturated heterocycles. The largest absolute Gasteiger partial charge is 0.488 e. The van der Waals surface area contributed by atoms with Gasteiger partial charge in [-0.05, 0) is 54.1 Å². The van der Waals surface area contributed by atoms with E-state index in [0.29, 0.717) is 48.1 Å². The minimum absolute atomic E-state index is 0.0724. The number of benzene rings is 3. The summed E-state index contributed by atoms with van der Waals surface area (Å²) in [5, 5.41) is 0.581. The second-order valence-electron chi connectivity index (χ2n) is 7.50. The van der Waals surface area contributed by atoms with E-state index < -0.39 is 0 Å². The van der Waals surface area contributed by atoms with Crippen molar-refractivity contribution >= 4 is 23.4 Å². The van der Waals surface area contributed by atoms with E-state index in [1.165, 1.54) is 12.1 Å². The summed E-state index contributed by atoms with van der Waals surface area (Å²) in [6.45, 7) is 2.00. The molecule has 32 heavy (non-hydrogen) atoms. The van der Waals surface area contributed by atoms with Crippen molar-refractivity contribution in [3.63, 3.8) is 0 Å². The Hall–Kier alpha value is -3.38. The maximum atomic E-state index is 13.1. The second-order valence-corrected chi connectivity index (χ2v) is 7.94. The van der Waals surface area contributed by atoms with E-state index >= 15 is 0 Å². The molecule has 164 valence electrons. The lowest BCUT2D eigenvalue weighted by atomic mass is 10.1. The van der Waals surface area contributed by atoms with Crippen molar-refractivity contribution in [2.75, 3.05) is 26.2 Å². The first-order chi connectivity index (χ1) is 15.5. The third-order valence-electron chi connectivity index (χ3n) is 5.37. The van der Waals surface area contributed by atoms with Gasteiger partial charge in [-0.1, -0.05) is 35.9 Å². The predicted octanol–water partition coefficient (Wildman–Crippen LogP) is 4.66. The Kier molecular flexibility index (Phi) is 6.71. The van der Waals surface area contributed by atoms with Crippen molar-refractivity contribution in [1.82, 2.24) is 9.80 Å². The van der Waals surface area contributed by atoms with Gasteiger partial charge in [0.05, 0.1) is 5.56 Å². The molecule has 1 heterocycles. The van der Waals surface area contributed by atoms with Crippen molar-refractivity contribution in [2.24, 2.45) is 0 Å². The van der Waals surface area contributed by atoms with Gasteiger partial charge in [-0.2, -0.15) is 0 Å². The molecule has 0 bridgehead atoms. The Bertz CT molecular complexity index is 1090. The molecule has 1 fully saturated rings. The number of hydrogen-bond donors (Lipinski definition) is 0. The van der Waals surface area contributed by atoms with Crippen LogP contribution in [0, 0.1) is 5.82 Å². The van der Waals surface area contributed by atoms with Gasteiger partial charge in [-0.3, -0.25) is 9.59 Å². The number of piperazine rings is 1. The minimum atomic E-state index is -0.307. The molecule has 7 heteroatoms. The fourth-order valence-electron chi connectivity index (χ4n) is 3.57. The lowest BCUT2D eigenvalue weighted by Gasteiger charge is -2.35. The molecule has 0 radical (unpaired) electrons. The van der Waals surface area contributed by atoms with Gasteiger partial charge >= 0.3 is 0 Å². The highest BCUT2D eigenvalue weighted by atomic mass is 35.5. The molecule has 0 saturated carbocycles. The molecule has 0 aliphatic carbocycles. The maximum Gasteiger partial charge on any atom is 0.257 e. The van der Waals surface area contributed by atoms with E-state index in [2.05, 4.69) is 0 Å². The number of amides is 2. The normalized spacial score (nSPS) is 13.7. The van der Waals surface area contributed by atoms with Gasteiger partial charge < -0.3 is 14.5 Å². The van der Waals surface area contributed by atoms with Gasteiger partial charge in [0, 0.05) is 36.8 Å². The smallest absolute Gasteiger partial charge is 0.257 e. The number of hydrogen-bond acceptors (Lipinski definition) is 3. The van der Waals surface area contributed by atoms with E-state index in [1.54, 1.807) is 70.5 Å². The highest BCUT2D eigenvalue weighted by Crippen LogP contribution is 2.22. The first-order valence-corrected chi connectivity index (χ1v) is 10.7. The standard InChI is InChI=1S/C25H22ClFN2O3/c26-20-9-7-19(8-10-20)24(30)28-13-15-29(16-14-28)25(31)22-3-1-2-4-23(22)32-17-18-5-11-21(27)12-6-18/h1-12H,13-17H2. The van der Waals surface area contributed by atoms with Gasteiger partial charge in [-0.15, -0.1) is 0 Å². The number of nitrogens with zero attached hydrogens (tertiary/aromatic N) is 2. The summed E-state index contributed by atoms with van der Waals surface area (Å²) >= 11 is 5.90. The topological polar surface area (TPSA) is 49.9 Å². The quantitative estimate of drug-likeness (QED) is 0.566. The highest BCUT2D eigenvalue weighted by Gasteiger charge is 2.27. The number of carbonyl (C=O) groups excluding carboxylic acids is 2. The number of ether oxygens (including phenoxy) is 1. The van der Waals surface area contributed by atoms with Crippen molar-refractivity contribution in [1.29, 1.82) is 0 Å². The van der Waals surface area contributed by atoms with Crippen LogP contribution in [-0.4, -0.2) is 47.8 Å². The Balaban J connectivity index is 1.38. The number of rotatable bonds is 5. The Morgan fingerprint density at radius 1 is 0.812 bits per heavy atom. The molecule has 4 rings (SSSR count). The summed E-state index contributed by atoms with van der Waals surface area (Å²) in [4.78, 5) is 29.3. The van der Waals surface area contributed by atoms with E-state index in [-0.39, 0.29) is 24.2 Å². The molecule has 1 aliphatic rings. The summed E-state index contributed by atoms with van der Waals surface area (Å²) in [5.41, 5.74) is 1.85. The second kappa shape index (κ2) is 9.83. The van der Waals surface area contributed by atoms with Crippen LogP contribution in [0.3, 0.4) is 0 Å². The number of para-hydroxylation sites is 1. The number of carbonyl (C=O) groups is 2. The lowest BCUT2D eigenvalue weighted by Crippen LogP contribution is -2.50. The molecule has 2 amide bonds. The molecular formula is C25H22ClFN2O3. The van der Waals surface area contributed by atoms with Crippen molar-refractivity contribution in [2.45, 2.75) is 6.61 Å². The first-order valence-electron chi connectivity index (χ1n) is 10.3. The summed E-state index contributed by atoms with van der Waals surface area (Å²) in [6.07, 6.45) is 0. The van der Waals surface area contributed by atoms with Crippen LogP contribution in [0.15, 0.2) is 72.8 Å². The third kappa shape index (κ3) is 5.08. The Morgan fingerprint density at radius 2 is 1.41 bits per heavy atom. The molecule has 0 spiro atoms. The zero-order valence-corrected chi connectivity index (χ0v) is 18.1. The molecule has 1 aliphatic heterocycles. The zero-order chi connectivity index (χ0) is 22.5. The molecule has 0 unspecified atom stereocenters. The molecule has 0 aromatic heterocycles. The highest BCUT2D eigenvalue weighted by molar-refractivity contribution is 6.30. The average molecular weight is 453 g/mol. The molecule has 3 aromatic carbocycles. The summed E-state index contributed by atoms with van der Waals surface area (Å²) in [7, 11) is 0. The van der Waals surface area contributed by atoms with Crippen LogP contribution >= 0.6 is 11.6 Å². The maximum absolute atomic E-state index is 13.1. The van der Waals surface area contributed by atoms with Crippen LogP contribution in [0.2, 0.25) is 5.02 Å². The van der Waals surface area contributed by atoms with Gasteiger partial charge in [0.2, 0.25) is 0 Å². The fourth-order valence-corrected chi connectivity index (χ4v) is 3.69. The third-order valence-corrected chi connectivity index (χ3v) is 5.62. The first kappa shape index (κ1) is 21.8. The summed E-state index contributed by atoms with van der Waals surface area (Å²) in [6, 6.07) is 19.9. The summed E-state index contributed by atoms with van der Waals surface area (Å²) < 4.78 is 19.0. The zero-order valence-electron chi connectivity index (χ0n) is 17.3. The van der Waals surface area contributed by atoms with E-state index in [1.807, 2.05) is 0 Å². The van der Waals surface area contributed by atoms with Crippen LogP contribution in [0.1, 0.15) is 26.3 Å². The van der Waals surface area contributed by atoms with Crippen molar-refractivity contribution < 1.29 is 18.7 Å². The molecular weight excluding hydrogens is 431 g/mol. The van der Waals surface area contributed by atoms with Crippen LogP contribution in [-0.2, 0) is 6.61 Å². The number of halogens is 2. The van der Waals surface area contributed by atoms with Crippen LogP contribution in [0.5, 0.6) is 5.75 Å². The minimum Gasteiger partial charge on any atom is -0.488 e. The van der Waals surface area contributed by atoms with Crippen molar-refractivity contribution in [3.05, 3.63) is 100 Å². The predicted molar refractivity (Wildman–Crippen MR) is 120 cm³/mol. The lowest BCUT2D eigenvalue weighted by molar-refractivity contribution is 0.0533. The van der Waals surface area contributed by atoms with Gasteiger partial charge in [0.1, 0.15) is 18.2 Å². The van der Waals surface area contributed by atoms with E-state index in [9.17, 15) is 14.0 Å².